The summed E-state index contributed by atoms with van der Waals surface area (Å²) in [7, 11) is -1.47. The molecular weight excluding hydrogens is 418 g/mol. The molecule has 0 amide bonds. The highest BCUT2D eigenvalue weighted by Gasteiger charge is 2.14. The molecule has 0 aromatic heterocycles. The molecule has 0 spiro atoms. The quantitative estimate of drug-likeness (QED) is 0.225. The van der Waals surface area contributed by atoms with E-state index in [2.05, 4.69) is 10.2 Å². The molecule has 29 heavy (non-hydrogen) atoms. The summed E-state index contributed by atoms with van der Waals surface area (Å²) < 4.78 is 32.6. The van der Waals surface area contributed by atoms with Gasteiger partial charge in [0.2, 0.25) is 0 Å². The highest BCUT2D eigenvalue weighted by molar-refractivity contribution is 7.85. The highest BCUT2D eigenvalue weighted by atomic mass is 32.2. The maximum atomic E-state index is 12.0. The van der Waals surface area contributed by atoms with Gasteiger partial charge in [-0.3, -0.25) is 4.21 Å². The van der Waals surface area contributed by atoms with Crippen LogP contribution in [0.2, 0.25) is 0 Å². The van der Waals surface area contributed by atoms with E-state index < -0.39 is 21.9 Å². The normalized spacial score (nSPS) is 13.7. The molecule has 0 bridgehead atoms. The average molecular weight is 435 g/mol. The summed E-state index contributed by atoms with van der Waals surface area (Å²) in [4.78, 5) is 0.369. The fourth-order valence-corrected chi connectivity index (χ4v) is 3.96. The third kappa shape index (κ3) is 4.43. The molecule has 2 atom stereocenters. The van der Waals surface area contributed by atoms with Crippen LogP contribution >= 0.6 is 0 Å². The Morgan fingerprint density at radius 1 is 0.931 bits per heavy atom. The van der Waals surface area contributed by atoms with Crippen LogP contribution in [0, 0.1) is 0 Å². The zero-order valence-electron chi connectivity index (χ0n) is 14.8. The summed E-state index contributed by atoms with van der Waals surface area (Å²) in [6.45, 7) is -0.253. The number of nitrogens with zero attached hydrogens (tertiary/aromatic N) is 2. The first-order valence-corrected chi connectivity index (χ1v) is 10.6. The molecule has 0 aliphatic rings. The molecule has 0 heterocycles. The Morgan fingerprint density at radius 3 is 2.38 bits per heavy atom. The Bertz CT molecular complexity index is 1170. The van der Waals surface area contributed by atoms with Gasteiger partial charge < -0.3 is 25.6 Å². The number of aliphatic hydroxyl groups excluding tert-OH is 1. The van der Waals surface area contributed by atoms with Crippen LogP contribution in [0.5, 0.6) is 11.5 Å². The topological polar surface area (TPSA) is 166 Å². The fraction of sp³-hybridized carbons (Fsp3) is 0.111. The largest absolute Gasteiger partial charge is 0.507 e. The van der Waals surface area contributed by atoms with Crippen molar-refractivity contribution in [1.29, 1.82) is 0 Å². The number of aliphatic hydroxyl groups is 1. The van der Waals surface area contributed by atoms with Gasteiger partial charge >= 0.3 is 0 Å². The van der Waals surface area contributed by atoms with Crippen molar-refractivity contribution in [3.05, 3.63) is 42.5 Å². The van der Waals surface area contributed by atoms with E-state index in [1.165, 1.54) is 30.3 Å². The van der Waals surface area contributed by atoms with Gasteiger partial charge in [0.25, 0.3) is 0 Å². The first-order chi connectivity index (χ1) is 13.8. The van der Waals surface area contributed by atoms with Crippen molar-refractivity contribution in [1.82, 2.24) is 0 Å². The SMILES string of the molecule is Nc1ccc2cc(S(=O)O)cc(O)c2c1N=Nc1cc(S(=O)CCO)ccc1O. The van der Waals surface area contributed by atoms with Gasteiger partial charge in [0, 0.05) is 4.90 Å². The lowest BCUT2D eigenvalue weighted by atomic mass is 10.1. The number of benzene rings is 3. The van der Waals surface area contributed by atoms with E-state index in [1.807, 2.05) is 0 Å². The highest BCUT2D eigenvalue weighted by Crippen LogP contribution is 2.40. The molecule has 0 aliphatic carbocycles. The monoisotopic (exact) mass is 435 g/mol. The van der Waals surface area contributed by atoms with Gasteiger partial charge in [-0.1, -0.05) is 6.07 Å². The molecule has 0 saturated carbocycles. The van der Waals surface area contributed by atoms with Gasteiger partial charge in [-0.25, -0.2) is 4.21 Å². The predicted octanol–water partition coefficient (Wildman–Crippen LogP) is 2.93. The minimum absolute atomic E-state index is 0.0133. The van der Waals surface area contributed by atoms with Crippen LogP contribution < -0.4 is 5.73 Å². The Hall–Kier alpha value is -2.86. The van der Waals surface area contributed by atoms with E-state index in [0.29, 0.717) is 10.3 Å². The second kappa shape index (κ2) is 8.66. The number of phenolic OH excluding ortho intramolecular Hbond substituents is 2. The minimum atomic E-state index is -2.28. The van der Waals surface area contributed by atoms with Crippen molar-refractivity contribution < 1.29 is 28.3 Å². The van der Waals surface area contributed by atoms with Crippen molar-refractivity contribution >= 4 is 49.7 Å². The molecule has 0 fully saturated rings. The van der Waals surface area contributed by atoms with Gasteiger partial charge in [0.1, 0.15) is 22.9 Å². The Labute approximate surface area is 170 Å². The van der Waals surface area contributed by atoms with E-state index in [-0.39, 0.29) is 51.2 Å². The zero-order valence-corrected chi connectivity index (χ0v) is 16.5. The number of phenols is 2. The Kier molecular flexibility index (Phi) is 6.23. The predicted molar refractivity (Wildman–Crippen MR) is 110 cm³/mol. The summed E-state index contributed by atoms with van der Waals surface area (Å²) >= 11 is -2.28. The number of anilines is 1. The lowest BCUT2D eigenvalue weighted by Crippen LogP contribution is -2.01. The van der Waals surface area contributed by atoms with E-state index >= 15 is 0 Å². The smallest absolute Gasteiger partial charge is 0.186 e. The number of hydrogen-bond acceptors (Lipinski definition) is 8. The molecule has 0 saturated heterocycles. The molecule has 0 radical (unpaired) electrons. The van der Waals surface area contributed by atoms with Crippen LogP contribution in [0.15, 0.2) is 62.5 Å². The second-order valence-electron chi connectivity index (χ2n) is 5.92. The molecular formula is C18H17N3O6S2. The zero-order chi connectivity index (χ0) is 21.1. The van der Waals surface area contributed by atoms with E-state index in [0.717, 1.165) is 6.07 Å². The number of rotatable bonds is 6. The van der Waals surface area contributed by atoms with Crippen molar-refractivity contribution in [3.8, 4) is 11.5 Å². The first-order valence-electron chi connectivity index (χ1n) is 8.22. The van der Waals surface area contributed by atoms with E-state index in [9.17, 15) is 23.2 Å². The van der Waals surface area contributed by atoms with Crippen LogP contribution in [0.3, 0.4) is 0 Å². The maximum Gasteiger partial charge on any atom is 0.186 e. The van der Waals surface area contributed by atoms with Crippen LogP contribution in [0.25, 0.3) is 10.8 Å². The third-order valence-electron chi connectivity index (χ3n) is 4.02. The van der Waals surface area contributed by atoms with Gasteiger partial charge in [-0.15, -0.1) is 10.2 Å². The lowest BCUT2D eigenvalue weighted by Gasteiger charge is -2.09. The minimum Gasteiger partial charge on any atom is -0.507 e. The van der Waals surface area contributed by atoms with E-state index in [1.54, 1.807) is 6.07 Å². The summed E-state index contributed by atoms with van der Waals surface area (Å²) in [6, 6.07) is 9.76. The maximum absolute atomic E-state index is 12.0. The second-order valence-corrected chi connectivity index (χ2v) is 8.46. The Morgan fingerprint density at radius 2 is 1.69 bits per heavy atom. The summed E-state index contributed by atoms with van der Waals surface area (Å²) in [6.07, 6.45) is 0. The number of nitrogen functional groups attached to an aromatic ring is 1. The molecule has 3 aromatic rings. The fourth-order valence-electron chi connectivity index (χ4n) is 2.65. The number of nitrogens with two attached hydrogens (primary N) is 1. The average Bonchev–Trinajstić information content (AvgIpc) is 2.68. The van der Waals surface area contributed by atoms with Crippen LogP contribution in [-0.4, -0.2) is 40.6 Å². The summed E-state index contributed by atoms with van der Waals surface area (Å²) in [5.74, 6) is -0.470. The van der Waals surface area contributed by atoms with Gasteiger partial charge in [-0.05, 0) is 41.8 Å². The lowest BCUT2D eigenvalue weighted by molar-refractivity contribution is 0.321. The van der Waals surface area contributed by atoms with Gasteiger partial charge in [-0.2, -0.15) is 0 Å². The molecule has 0 aliphatic heterocycles. The summed E-state index contributed by atoms with van der Waals surface area (Å²) in [5.41, 5.74) is 6.28. The van der Waals surface area contributed by atoms with Crippen molar-refractivity contribution in [3.63, 3.8) is 0 Å². The molecule has 2 unspecified atom stereocenters. The van der Waals surface area contributed by atoms with Gasteiger partial charge in [0.05, 0.1) is 39.1 Å². The van der Waals surface area contributed by atoms with Crippen molar-refractivity contribution in [2.75, 3.05) is 18.1 Å². The number of hydrogen-bond donors (Lipinski definition) is 5. The number of azo groups is 1. The number of fused-ring (bicyclic) bond motifs is 1. The summed E-state index contributed by atoms with van der Waals surface area (Å²) in [5, 5.41) is 37.9. The standard InChI is InChI=1S/C18H17N3O6S2/c19-13-3-1-10-7-12(29(26)27)9-16(24)17(10)18(13)21-20-14-8-11(2-4-15(14)23)28(25)6-5-22/h1-4,7-9,22-24H,5-6,19H2,(H,26,27). The van der Waals surface area contributed by atoms with Gasteiger partial charge in [0.15, 0.2) is 11.1 Å². The van der Waals surface area contributed by atoms with E-state index in [4.69, 9.17) is 10.8 Å². The molecule has 9 nitrogen and oxygen atoms in total. The molecule has 152 valence electrons. The third-order valence-corrected chi connectivity index (χ3v) is 5.99. The van der Waals surface area contributed by atoms with Crippen LogP contribution in [-0.2, 0) is 21.9 Å². The number of aromatic hydroxyl groups is 2. The molecule has 3 rings (SSSR count). The first kappa shape index (κ1) is 20.9. The van der Waals surface area contributed by atoms with Crippen LogP contribution in [0.4, 0.5) is 17.1 Å². The van der Waals surface area contributed by atoms with Crippen LogP contribution in [0.1, 0.15) is 0 Å². The van der Waals surface area contributed by atoms with Crippen molar-refractivity contribution in [2.45, 2.75) is 9.79 Å². The van der Waals surface area contributed by atoms with Crippen molar-refractivity contribution in [2.24, 2.45) is 10.2 Å². The molecule has 6 N–H and O–H groups in total. The Balaban J connectivity index is 2.09. The molecule has 3 aromatic carbocycles. The molecule has 11 heteroatoms.